The number of aromatic nitrogens is 4. The number of rotatable bonds is 7. The number of anilines is 1. The summed E-state index contributed by atoms with van der Waals surface area (Å²) >= 11 is 0. The smallest absolute Gasteiger partial charge is 0.273 e. The highest BCUT2D eigenvalue weighted by atomic mass is 16.2. The molecule has 2 aromatic heterocycles. The molecule has 1 saturated heterocycles. The van der Waals surface area contributed by atoms with Crippen molar-refractivity contribution in [2.24, 2.45) is 0 Å². The van der Waals surface area contributed by atoms with Gasteiger partial charge in [0.05, 0.1) is 29.7 Å². The molecule has 0 radical (unpaired) electrons. The van der Waals surface area contributed by atoms with E-state index in [9.17, 15) is 9.59 Å². The van der Waals surface area contributed by atoms with E-state index < -0.39 is 0 Å². The molecule has 3 aromatic rings. The average Bonchev–Trinajstić information content (AvgIpc) is 3.57. The van der Waals surface area contributed by atoms with Crippen LogP contribution in [0.4, 0.5) is 5.69 Å². The maximum Gasteiger partial charge on any atom is 0.273 e. The number of benzene rings is 1. The van der Waals surface area contributed by atoms with E-state index in [0.29, 0.717) is 12.2 Å². The fourth-order valence-electron chi connectivity index (χ4n) is 4.51. The van der Waals surface area contributed by atoms with Crippen molar-refractivity contribution in [1.82, 2.24) is 30.2 Å². The Morgan fingerprint density at radius 2 is 2.05 bits per heavy atom. The quantitative estimate of drug-likeness (QED) is 0.498. The van der Waals surface area contributed by atoms with E-state index >= 15 is 0 Å². The summed E-state index contributed by atoms with van der Waals surface area (Å²) in [6.45, 7) is 13.7. The molecular formula is C28H35N7O2. The van der Waals surface area contributed by atoms with Crippen LogP contribution in [0.25, 0.3) is 11.1 Å². The molecule has 9 heteroatoms. The second kappa shape index (κ2) is 10.5. The molecule has 0 aliphatic carbocycles. The fraction of sp³-hybridized carbons (Fsp3) is 0.393. The van der Waals surface area contributed by atoms with Crippen molar-refractivity contribution in [3.05, 3.63) is 72.3 Å². The van der Waals surface area contributed by atoms with Crippen molar-refractivity contribution in [2.75, 3.05) is 25.0 Å². The maximum atomic E-state index is 12.6. The molecule has 0 spiro atoms. The summed E-state index contributed by atoms with van der Waals surface area (Å²) in [6.07, 6.45) is 7.62. The van der Waals surface area contributed by atoms with Gasteiger partial charge in [0.2, 0.25) is 5.91 Å². The van der Waals surface area contributed by atoms with Crippen molar-refractivity contribution in [1.29, 1.82) is 0 Å². The molecular weight excluding hydrogens is 466 g/mol. The number of nitrogens with one attached hydrogen (secondary N) is 1. The Labute approximate surface area is 218 Å². The molecule has 1 unspecified atom stereocenters. The van der Waals surface area contributed by atoms with Gasteiger partial charge >= 0.3 is 0 Å². The molecule has 3 heterocycles. The minimum atomic E-state index is -0.251. The summed E-state index contributed by atoms with van der Waals surface area (Å²) in [5.41, 5.74) is 5.39. The lowest BCUT2D eigenvalue weighted by Gasteiger charge is -2.25. The van der Waals surface area contributed by atoms with E-state index in [2.05, 4.69) is 44.2 Å². The lowest BCUT2D eigenvalue weighted by atomic mass is 9.99. The lowest BCUT2D eigenvalue weighted by molar-refractivity contribution is -0.126. The Hall–Kier alpha value is -4.01. The zero-order valence-corrected chi connectivity index (χ0v) is 22.2. The summed E-state index contributed by atoms with van der Waals surface area (Å²) in [6, 6.07) is 8.41. The van der Waals surface area contributed by atoms with E-state index in [0.717, 1.165) is 47.5 Å². The summed E-state index contributed by atoms with van der Waals surface area (Å²) in [7, 11) is 1.83. The predicted octanol–water partition coefficient (Wildman–Crippen LogP) is 3.56. The molecule has 1 aromatic carbocycles. The number of pyridine rings is 1. The second-order valence-electron chi connectivity index (χ2n) is 10.5. The zero-order chi connectivity index (χ0) is 26.7. The molecule has 37 heavy (non-hydrogen) atoms. The summed E-state index contributed by atoms with van der Waals surface area (Å²) in [5.74, 6) is -0.311. The molecule has 9 nitrogen and oxygen atoms in total. The van der Waals surface area contributed by atoms with Gasteiger partial charge in [-0.1, -0.05) is 30.0 Å². The highest BCUT2D eigenvalue weighted by Gasteiger charge is 2.29. The topological polar surface area (TPSA) is 96.2 Å². The number of amides is 2. The van der Waals surface area contributed by atoms with Gasteiger partial charge in [-0.25, -0.2) is 4.68 Å². The molecule has 1 aliphatic rings. The first-order valence-corrected chi connectivity index (χ1v) is 12.5. The van der Waals surface area contributed by atoms with E-state index in [1.165, 1.54) is 6.08 Å². The monoisotopic (exact) mass is 501 g/mol. The average molecular weight is 502 g/mol. The number of likely N-dealkylation sites (N-methyl/N-ethyl adjacent to an activating group) is 1. The normalized spacial score (nSPS) is 15.5. The molecule has 1 aliphatic heterocycles. The van der Waals surface area contributed by atoms with Crippen LogP contribution in [0.2, 0.25) is 0 Å². The number of hydrogen-bond acceptors (Lipinski definition) is 6. The highest BCUT2D eigenvalue weighted by molar-refractivity contribution is 5.91. The van der Waals surface area contributed by atoms with E-state index in [1.54, 1.807) is 22.0 Å². The number of nitrogens with zero attached hydrogens (tertiary/aromatic N) is 6. The van der Waals surface area contributed by atoms with Gasteiger partial charge in [0.25, 0.3) is 5.91 Å². The molecule has 1 atom stereocenters. The first-order valence-electron chi connectivity index (χ1n) is 12.5. The molecule has 1 fully saturated rings. The number of carbonyl (C=O) groups excluding carboxylic acids is 2. The zero-order valence-electron chi connectivity index (χ0n) is 22.2. The Morgan fingerprint density at radius 1 is 1.27 bits per heavy atom. The highest BCUT2D eigenvalue weighted by Crippen LogP contribution is 2.33. The van der Waals surface area contributed by atoms with Crippen molar-refractivity contribution in [3.8, 4) is 11.1 Å². The van der Waals surface area contributed by atoms with Crippen molar-refractivity contribution in [3.63, 3.8) is 0 Å². The third-order valence-corrected chi connectivity index (χ3v) is 6.88. The van der Waals surface area contributed by atoms with Gasteiger partial charge in [0.1, 0.15) is 0 Å². The second-order valence-corrected chi connectivity index (χ2v) is 10.5. The van der Waals surface area contributed by atoms with Crippen LogP contribution in [0.5, 0.6) is 0 Å². The Bertz CT molecular complexity index is 1310. The molecule has 194 valence electrons. The molecule has 2 amide bonds. The standard InChI is InChI=1S/C28H35N7O2/c1-7-26(36)33(6)22-11-13-34(17-22)25-16-29-12-10-23(25)20-8-9-21(19(2)14-20)15-30-27(37)24-18-35(32-31-24)28(3,4)5/h7-10,12,14,16,18,22H,1,11,13,15,17H2,2-6H3,(H,30,37). The van der Waals surface area contributed by atoms with Crippen molar-refractivity contribution >= 4 is 17.5 Å². The number of hydrogen-bond donors (Lipinski definition) is 1. The van der Waals surface area contributed by atoms with Crippen molar-refractivity contribution < 1.29 is 9.59 Å². The van der Waals surface area contributed by atoms with Crippen LogP contribution in [0.3, 0.4) is 0 Å². The van der Waals surface area contributed by atoms with E-state index in [4.69, 9.17) is 0 Å². The predicted molar refractivity (Wildman–Crippen MR) is 144 cm³/mol. The van der Waals surface area contributed by atoms with Crippen molar-refractivity contribution in [2.45, 2.75) is 52.2 Å². The molecule has 1 N–H and O–H groups in total. The number of carbonyl (C=O) groups is 2. The Morgan fingerprint density at radius 3 is 2.73 bits per heavy atom. The van der Waals surface area contributed by atoms with E-state index in [-0.39, 0.29) is 23.4 Å². The SMILES string of the molecule is C=CC(=O)N(C)C1CCN(c2cnccc2-c2ccc(CNC(=O)c3cn(C(C)(C)C)nn3)c(C)c2)C1. The van der Waals surface area contributed by atoms with Gasteiger partial charge in [-0.15, -0.1) is 5.10 Å². The molecule has 0 saturated carbocycles. The van der Waals surface area contributed by atoms with E-state index in [1.807, 2.05) is 53.1 Å². The minimum absolute atomic E-state index is 0.0598. The number of aryl methyl sites for hydroxylation is 1. The van der Waals surface area contributed by atoms with Gasteiger partial charge in [0, 0.05) is 38.4 Å². The Balaban J connectivity index is 1.46. The fourth-order valence-corrected chi connectivity index (χ4v) is 4.51. The van der Waals surface area contributed by atoms with Gasteiger partial charge in [-0.05, 0) is 62.9 Å². The van der Waals surface area contributed by atoms with Crippen LogP contribution >= 0.6 is 0 Å². The first-order chi connectivity index (χ1) is 17.6. The van der Waals surface area contributed by atoms with Crippen LogP contribution in [-0.4, -0.2) is 62.9 Å². The third kappa shape index (κ3) is 5.71. The van der Waals surface area contributed by atoms with Crippen LogP contribution in [-0.2, 0) is 16.9 Å². The van der Waals surface area contributed by atoms with Gasteiger partial charge in [-0.3, -0.25) is 14.6 Å². The van der Waals surface area contributed by atoms with Crippen LogP contribution in [0, 0.1) is 6.92 Å². The summed E-state index contributed by atoms with van der Waals surface area (Å²) in [4.78, 5) is 33.1. The van der Waals surface area contributed by atoms with Crippen LogP contribution < -0.4 is 10.2 Å². The van der Waals surface area contributed by atoms with Gasteiger partial charge < -0.3 is 15.1 Å². The first kappa shape index (κ1) is 26.1. The lowest BCUT2D eigenvalue weighted by Crippen LogP contribution is -2.38. The Kier molecular flexibility index (Phi) is 7.42. The summed E-state index contributed by atoms with van der Waals surface area (Å²) in [5, 5.41) is 11.0. The minimum Gasteiger partial charge on any atom is -0.368 e. The molecule has 0 bridgehead atoms. The van der Waals surface area contributed by atoms with Crippen LogP contribution in [0.15, 0.2) is 55.5 Å². The third-order valence-electron chi connectivity index (χ3n) is 6.88. The van der Waals surface area contributed by atoms with Gasteiger partial charge in [-0.2, -0.15) is 0 Å². The van der Waals surface area contributed by atoms with Gasteiger partial charge in [0.15, 0.2) is 5.69 Å². The summed E-state index contributed by atoms with van der Waals surface area (Å²) < 4.78 is 1.69. The van der Waals surface area contributed by atoms with Crippen LogP contribution in [0.1, 0.15) is 48.8 Å². The molecule has 4 rings (SSSR count). The largest absolute Gasteiger partial charge is 0.368 e. The maximum absolute atomic E-state index is 12.6.